The minimum Gasteiger partial charge on any atom is -0.327 e. The molecule has 19 heavy (non-hydrogen) atoms. The van der Waals surface area contributed by atoms with Crippen molar-refractivity contribution in [2.24, 2.45) is 11.7 Å². The number of carbonyl (C=O) groups excluding carboxylic acids is 2. The Morgan fingerprint density at radius 1 is 1.42 bits per heavy atom. The molecule has 2 rings (SSSR count). The van der Waals surface area contributed by atoms with E-state index < -0.39 is 5.66 Å². The number of aldehydes is 1. The molecule has 0 aliphatic carbocycles. The normalized spacial score (nSPS) is 14.3. The van der Waals surface area contributed by atoms with Crippen molar-refractivity contribution in [2.45, 2.75) is 19.5 Å². The third-order valence-corrected chi connectivity index (χ3v) is 4.24. The zero-order valence-corrected chi connectivity index (χ0v) is 11.7. The molecule has 0 fully saturated rings. The van der Waals surface area contributed by atoms with Crippen molar-refractivity contribution in [2.75, 3.05) is 0 Å². The Labute approximate surface area is 115 Å². The first-order valence-corrected chi connectivity index (χ1v) is 6.84. The molecule has 4 nitrogen and oxygen atoms in total. The topological polar surface area (TPSA) is 72.2 Å². The summed E-state index contributed by atoms with van der Waals surface area (Å²) in [5, 5.41) is 3.61. The van der Waals surface area contributed by atoms with Gasteiger partial charge in [-0.15, -0.1) is 11.3 Å². The van der Waals surface area contributed by atoms with Crippen molar-refractivity contribution in [3.63, 3.8) is 0 Å². The highest BCUT2D eigenvalue weighted by atomic mass is 32.1. The molecule has 1 heterocycles. The highest BCUT2D eigenvalue weighted by Gasteiger charge is 2.31. The summed E-state index contributed by atoms with van der Waals surface area (Å²) < 4.78 is 1.03. The van der Waals surface area contributed by atoms with E-state index in [1.165, 1.54) is 11.3 Å². The van der Waals surface area contributed by atoms with Crippen LogP contribution >= 0.6 is 11.3 Å². The maximum absolute atomic E-state index is 12.2. The lowest BCUT2D eigenvalue weighted by Gasteiger charge is -2.28. The Morgan fingerprint density at radius 3 is 2.68 bits per heavy atom. The van der Waals surface area contributed by atoms with Gasteiger partial charge in [-0.1, -0.05) is 32.0 Å². The molecule has 0 bridgehead atoms. The average molecular weight is 276 g/mol. The molecule has 0 aliphatic heterocycles. The number of rotatable bonds is 4. The van der Waals surface area contributed by atoms with Crippen LogP contribution in [0.4, 0.5) is 0 Å². The summed E-state index contributed by atoms with van der Waals surface area (Å²) in [7, 11) is 0. The summed E-state index contributed by atoms with van der Waals surface area (Å²) >= 11 is 1.38. The van der Waals surface area contributed by atoms with E-state index in [4.69, 9.17) is 5.73 Å². The molecule has 0 unspecified atom stereocenters. The van der Waals surface area contributed by atoms with Gasteiger partial charge in [0.05, 0.1) is 4.88 Å². The van der Waals surface area contributed by atoms with Crippen LogP contribution in [0.15, 0.2) is 30.3 Å². The van der Waals surface area contributed by atoms with Gasteiger partial charge in [-0.2, -0.15) is 0 Å². The van der Waals surface area contributed by atoms with Crippen LogP contribution in [0.25, 0.3) is 10.1 Å². The molecule has 1 amide bonds. The van der Waals surface area contributed by atoms with E-state index in [1.807, 2.05) is 24.3 Å². The first-order valence-electron chi connectivity index (χ1n) is 6.02. The lowest BCUT2D eigenvalue weighted by atomic mass is 9.98. The second-order valence-electron chi connectivity index (χ2n) is 4.81. The molecule has 5 heteroatoms. The van der Waals surface area contributed by atoms with Crippen molar-refractivity contribution >= 4 is 33.6 Å². The molecule has 1 aromatic carbocycles. The monoisotopic (exact) mass is 276 g/mol. The highest BCUT2D eigenvalue weighted by Crippen LogP contribution is 2.25. The fourth-order valence-electron chi connectivity index (χ4n) is 1.66. The Balaban J connectivity index is 2.27. The molecule has 1 atom stereocenters. The zero-order valence-electron chi connectivity index (χ0n) is 10.8. The van der Waals surface area contributed by atoms with Crippen molar-refractivity contribution in [3.8, 4) is 0 Å². The molecule has 0 aliphatic rings. The number of hydrogen-bond acceptors (Lipinski definition) is 4. The number of nitrogens with one attached hydrogen (secondary N) is 1. The highest BCUT2D eigenvalue weighted by molar-refractivity contribution is 7.20. The molecule has 2 aromatic rings. The molecule has 0 radical (unpaired) electrons. The van der Waals surface area contributed by atoms with Gasteiger partial charge in [0.2, 0.25) is 0 Å². The van der Waals surface area contributed by atoms with Crippen LogP contribution in [0.5, 0.6) is 0 Å². The van der Waals surface area contributed by atoms with Gasteiger partial charge in [-0.3, -0.25) is 9.59 Å². The van der Waals surface area contributed by atoms with Crippen LogP contribution in [-0.4, -0.2) is 17.9 Å². The van der Waals surface area contributed by atoms with Crippen LogP contribution in [0.1, 0.15) is 23.5 Å². The minimum atomic E-state index is -1.33. The van der Waals surface area contributed by atoms with Crippen LogP contribution in [0, 0.1) is 5.92 Å². The van der Waals surface area contributed by atoms with Crippen LogP contribution in [-0.2, 0) is 4.79 Å². The zero-order chi connectivity index (χ0) is 14.0. The summed E-state index contributed by atoms with van der Waals surface area (Å²) in [6, 6.07) is 9.55. The standard InChI is InChI=1S/C14H16N2O2S/c1-9(2)14(15,8-17)16-13(18)12-7-10-5-3-4-6-11(10)19-12/h3-9H,15H2,1-2H3,(H,16,18)/t14-/m1/s1. The Kier molecular flexibility index (Phi) is 3.68. The van der Waals surface area contributed by atoms with E-state index in [9.17, 15) is 9.59 Å². The van der Waals surface area contributed by atoms with Crippen molar-refractivity contribution in [1.82, 2.24) is 5.32 Å². The van der Waals surface area contributed by atoms with E-state index in [0.29, 0.717) is 11.2 Å². The van der Waals surface area contributed by atoms with Gasteiger partial charge in [-0.05, 0) is 23.4 Å². The van der Waals surface area contributed by atoms with E-state index in [-0.39, 0.29) is 11.8 Å². The van der Waals surface area contributed by atoms with Crippen LogP contribution < -0.4 is 11.1 Å². The molecule has 0 spiro atoms. The SMILES string of the molecule is CC(C)[C@@](N)(C=O)NC(=O)c1cc2ccccc2s1. The van der Waals surface area contributed by atoms with Crippen molar-refractivity contribution in [1.29, 1.82) is 0 Å². The third-order valence-electron chi connectivity index (χ3n) is 3.13. The number of fused-ring (bicyclic) bond motifs is 1. The predicted octanol–water partition coefficient (Wildman–Crippen LogP) is 2.14. The molecule has 3 N–H and O–H groups in total. The predicted molar refractivity (Wildman–Crippen MR) is 77.1 cm³/mol. The molecule has 0 saturated carbocycles. The minimum absolute atomic E-state index is 0.177. The Morgan fingerprint density at radius 2 is 2.11 bits per heavy atom. The first kappa shape index (κ1) is 13.7. The average Bonchev–Trinajstić information content (AvgIpc) is 2.82. The molecule has 100 valence electrons. The largest absolute Gasteiger partial charge is 0.327 e. The molecule has 1 aromatic heterocycles. The van der Waals surface area contributed by atoms with Gasteiger partial charge in [0, 0.05) is 4.70 Å². The summed E-state index contributed by atoms with van der Waals surface area (Å²) in [5.74, 6) is -0.493. The van der Waals surface area contributed by atoms with Crippen molar-refractivity contribution < 1.29 is 9.59 Å². The van der Waals surface area contributed by atoms with Crippen LogP contribution in [0.2, 0.25) is 0 Å². The number of amides is 1. The Hall–Kier alpha value is -1.72. The van der Waals surface area contributed by atoms with Crippen LogP contribution in [0.3, 0.4) is 0 Å². The van der Waals surface area contributed by atoms with Gasteiger partial charge in [0.25, 0.3) is 5.91 Å². The second-order valence-corrected chi connectivity index (χ2v) is 5.89. The van der Waals surface area contributed by atoms with Gasteiger partial charge < -0.3 is 11.1 Å². The third kappa shape index (κ3) is 2.67. The smallest absolute Gasteiger partial charge is 0.263 e. The molecular formula is C14H16N2O2S. The number of hydrogen-bond donors (Lipinski definition) is 2. The Bertz CT molecular complexity index is 588. The van der Waals surface area contributed by atoms with E-state index in [2.05, 4.69) is 5.32 Å². The number of carbonyl (C=O) groups is 2. The number of thiophene rings is 1. The fraction of sp³-hybridized carbons (Fsp3) is 0.286. The molecule has 0 saturated heterocycles. The lowest BCUT2D eigenvalue weighted by molar-refractivity contribution is -0.114. The van der Waals surface area contributed by atoms with Gasteiger partial charge in [0.15, 0.2) is 6.29 Å². The lowest BCUT2D eigenvalue weighted by Crippen LogP contribution is -2.60. The quantitative estimate of drug-likeness (QED) is 0.664. The van der Waals surface area contributed by atoms with E-state index in [1.54, 1.807) is 19.9 Å². The molecular weight excluding hydrogens is 260 g/mol. The second kappa shape index (κ2) is 5.11. The maximum atomic E-state index is 12.2. The van der Waals surface area contributed by atoms with Gasteiger partial charge in [0.1, 0.15) is 5.66 Å². The first-order chi connectivity index (χ1) is 8.96. The van der Waals surface area contributed by atoms with E-state index >= 15 is 0 Å². The maximum Gasteiger partial charge on any atom is 0.263 e. The van der Waals surface area contributed by atoms with Gasteiger partial charge in [-0.25, -0.2) is 0 Å². The summed E-state index contributed by atoms with van der Waals surface area (Å²) in [5.41, 5.74) is 4.55. The van der Waals surface area contributed by atoms with Gasteiger partial charge >= 0.3 is 0 Å². The number of nitrogens with two attached hydrogens (primary N) is 1. The van der Waals surface area contributed by atoms with E-state index in [0.717, 1.165) is 10.1 Å². The summed E-state index contributed by atoms with van der Waals surface area (Å²) in [6.45, 7) is 3.58. The summed E-state index contributed by atoms with van der Waals surface area (Å²) in [4.78, 5) is 23.8. The number of benzene rings is 1. The fourth-order valence-corrected chi connectivity index (χ4v) is 2.62. The van der Waals surface area contributed by atoms with Crippen molar-refractivity contribution in [3.05, 3.63) is 35.2 Å². The summed E-state index contributed by atoms with van der Waals surface area (Å²) in [6.07, 6.45) is 0.586.